The first kappa shape index (κ1) is 5.15. The molecule has 0 atom stereocenters. The molecular formula is C7H12N2. The van der Waals surface area contributed by atoms with Crippen molar-refractivity contribution in [1.29, 1.82) is 0 Å². The molecule has 2 rings (SSSR count). The first-order chi connectivity index (χ1) is 4.47. The van der Waals surface area contributed by atoms with Crippen molar-refractivity contribution in [2.75, 3.05) is 19.6 Å². The van der Waals surface area contributed by atoms with Crippen molar-refractivity contribution in [2.24, 2.45) is 0 Å². The normalized spacial score (nSPS) is 24.9. The van der Waals surface area contributed by atoms with Gasteiger partial charge >= 0.3 is 0 Å². The lowest BCUT2D eigenvalue weighted by Gasteiger charge is -2.33. The van der Waals surface area contributed by atoms with Gasteiger partial charge in [-0.2, -0.15) is 0 Å². The fourth-order valence-electron chi connectivity index (χ4n) is 1.28. The second-order valence-electron chi connectivity index (χ2n) is 2.65. The van der Waals surface area contributed by atoms with Crippen LogP contribution in [0.25, 0.3) is 0 Å². The van der Waals surface area contributed by atoms with Gasteiger partial charge in [-0.3, -0.25) is 0 Å². The van der Waals surface area contributed by atoms with Crippen molar-refractivity contribution < 1.29 is 0 Å². The maximum atomic E-state index is 3.35. The van der Waals surface area contributed by atoms with E-state index < -0.39 is 0 Å². The average Bonchev–Trinajstić information content (AvgIpc) is 2.11. The Labute approximate surface area is 55.5 Å². The van der Waals surface area contributed by atoms with Gasteiger partial charge in [-0.25, -0.2) is 0 Å². The van der Waals surface area contributed by atoms with Crippen LogP contribution < -0.4 is 5.32 Å². The molecule has 1 fully saturated rings. The van der Waals surface area contributed by atoms with Crippen LogP contribution in [0.5, 0.6) is 0 Å². The van der Waals surface area contributed by atoms with Gasteiger partial charge in [-0.1, -0.05) is 0 Å². The maximum Gasteiger partial charge on any atom is 0.0972 e. The second-order valence-corrected chi connectivity index (χ2v) is 2.65. The topological polar surface area (TPSA) is 15.3 Å². The minimum absolute atomic E-state index is 1.14. The monoisotopic (exact) mass is 124 g/mol. The number of rotatable bonds is 1. The van der Waals surface area contributed by atoms with Crippen LogP contribution in [0.3, 0.4) is 0 Å². The zero-order chi connectivity index (χ0) is 6.10. The summed E-state index contributed by atoms with van der Waals surface area (Å²) in [6.45, 7) is 3.67. The van der Waals surface area contributed by atoms with Crippen LogP contribution >= 0.6 is 0 Å². The van der Waals surface area contributed by atoms with E-state index >= 15 is 0 Å². The van der Waals surface area contributed by atoms with Crippen molar-refractivity contribution in [2.45, 2.75) is 12.8 Å². The van der Waals surface area contributed by atoms with Gasteiger partial charge in [-0.15, -0.1) is 0 Å². The zero-order valence-corrected chi connectivity index (χ0v) is 5.56. The number of hydrogen-bond donors (Lipinski definition) is 1. The van der Waals surface area contributed by atoms with Gasteiger partial charge in [-0.05, 0) is 18.9 Å². The number of nitrogens with one attached hydrogen (secondary N) is 1. The molecule has 0 spiro atoms. The van der Waals surface area contributed by atoms with Crippen molar-refractivity contribution in [1.82, 2.24) is 10.2 Å². The summed E-state index contributed by atoms with van der Waals surface area (Å²) >= 11 is 0. The van der Waals surface area contributed by atoms with Crippen LogP contribution in [0.2, 0.25) is 0 Å². The summed E-state index contributed by atoms with van der Waals surface area (Å²) in [7, 11) is 0. The van der Waals surface area contributed by atoms with Crippen LogP contribution in [0, 0.1) is 0 Å². The van der Waals surface area contributed by atoms with Gasteiger partial charge in [0.15, 0.2) is 0 Å². The van der Waals surface area contributed by atoms with Gasteiger partial charge in [0.05, 0.1) is 5.82 Å². The van der Waals surface area contributed by atoms with E-state index in [1.807, 2.05) is 0 Å². The van der Waals surface area contributed by atoms with Crippen LogP contribution in [0.1, 0.15) is 12.8 Å². The summed E-state index contributed by atoms with van der Waals surface area (Å²) in [6, 6.07) is 0. The predicted octanol–water partition coefficient (Wildman–Crippen LogP) is 0.527. The smallest absolute Gasteiger partial charge is 0.0972 e. The fourth-order valence-corrected chi connectivity index (χ4v) is 1.28. The molecule has 1 saturated heterocycles. The number of nitrogens with zero attached hydrogens (tertiary/aromatic N) is 1. The first-order valence-corrected chi connectivity index (χ1v) is 3.66. The predicted molar refractivity (Wildman–Crippen MR) is 36.9 cm³/mol. The van der Waals surface area contributed by atoms with E-state index in [0.717, 1.165) is 6.54 Å². The molecule has 2 heterocycles. The maximum absolute atomic E-state index is 3.35. The molecule has 0 aliphatic carbocycles. The molecule has 2 heteroatoms. The van der Waals surface area contributed by atoms with Crippen LogP contribution in [-0.2, 0) is 0 Å². The summed E-state index contributed by atoms with van der Waals surface area (Å²) in [5.41, 5.74) is 0. The summed E-state index contributed by atoms with van der Waals surface area (Å²) < 4.78 is 0. The minimum atomic E-state index is 1.14. The standard InChI is InChI=1S/C7H12N2/c1-3-7(8-4-1)9-5-2-6-9/h3,8H,1-2,4-6H2. The van der Waals surface area contributed by atoms with Crippen molar-refractivity contribution in [3.63, 3.8) is 0 Å². The van der Waals surface area contributed by atoms with E-state index in [1.54, 1.807) is 0 Å². The summed E-state index contributed by atoms with van der Waals surface area (Å²) in [5, 5.41) is 3.35. The van der Waals surface area contributed by atoms with Crippen LogP contribution in [0.4, 0.5) is 0 Å². The molecule has 0 aromatic rings. The molecule has 9 heavy (non-hydrogen) atoms. The Morgan fingerprint density at radius 3 is 2.78 bits per heavy atom. The van der Waals surface area contributed by atoms with Crippen LogP contribution in [-0.4, -0.2) is 24.5 Å². The molecule has 0 aromatic carbocycles. The minimum Gasteiger partial charge on any atom is -0.372 e. The third-order valence-electron chi connectivity index (χ3n) is 1.98. The molecule has 0 radical (unpaired) electrons. The highest BCUT2D eigenvalue weighted by Gasteiger charge is 2.17. The molecule has 0 aromatic heterocycles. The Morgan fingerprint density at radius 1 is 1.44 bits per heavy atom. The van der Waals surface area contributed by atoms with Crippen LogP contribution in [0.15, 0.2) is 11.9 Å². The SMILES string of the molecule is C1=C(N2CCC2)NCC1. The molecule has 2 nitrogen and oxygen atoms in total. The summed E-state index contributed by atoms with van der Waals surface area (Å²) in [6.07, 6.45) is 4.88. The lowest BCUT2D eigenvalue weighted by molar-refractivity contribution is 0.226. The van der Waals surface area contributed by atoms with Crippen molar-refractivity contribution in [3.8, 4) is 0 Å². The Hall–Kier alpha value is -0.660. The highest BCUT2D eigenvalue weighted by molar-refractivity contribution is 5.06. The van der Waals surface area contributed by atoms with Gasteiger partial charge in [0.1, 0.15) is 0 Å². The zero-order valence-electron chi connectivity index (χ0n) is 5.56. The summed E-state index contributed by atoms with van der Waals surface area (Å²) in [5.74, 6) is 1.38. The average molecular weight is 124 g/mol. The Balaban J connectivity index is 1.95. The van der Waals surface area contributed by atoms with Crippen molar-refractivity contribution in [3.05, 3.63) is 11.9 Å². The molecule has 50 valence electrons. The number of hydrogen-bond acceptors (Lipinski definition) is 2. The molecular weight excluding hydrogens is 112 g/mol. The molecule has 0 saturated carbocycles. The largest absolute Gasteiger partial charge is 0.372 e. The first-order valence-electron chi connectivity index (χ1n) is 3.66. The molecule has 2 aliphatic heterocycles. The Kier molecular flexibility index (Phi) is 1.11. The van der Waals surface area contributed by atoms with E-state index in [9.17, 15) is 0 Å². The third-order valence-corrected chi connectivity index (χ3v) is 1.98. The molecule has 1 N–H and O–H groups in total. The summed E-state index contributed by atoms with van der Waals surface area (Å²) in [4.78, 5) is 2.40. The fraction of sp³-hybridized carbons (Fsp3) is 0.714. The van der Waals surface area contributed by atoms with Crippen molar-refractivity contribution >= 4 is 0 Å². The van der Waals surface area contributed by atoms with E-state index in [2.05, 4.69) is 16.3 Å². The molecule has 0 unspecified atom stereocenters. The highest BCUT2D eigenvalue weighted by atomic mass is 15.3. The van der Waals surface area contributed by atoms with Gasteiger partial charge in [0.25, 0.3) is 0 Å². The Morgan fingerprint density at radius 2 is 2.33 bits per heavy atom. The van der Waals surface area contributed by atoms with Gasteiger partial charge < -0.3 is 10.2 Å². The van der Waals surface area contributed by atoms with E-state index in [1.165, 1.54) is 31.8 Å². The third kappa shape index (κ3) is 0.784. The van der Waals surface area contributed by atoms with E-state index in [-0.39, 0.29) is 0 Å². The molecule has 2 aliphatic rings. The lowest BCUT2D eigenvalue weighted by atomic mass is 10.2. The van der Waals surface area contributed by atoms with E-state index in [0.29, 0.717) is 0 Å². The highest BCUT2D eigenvalue weighted by Crippen LogP contribution is 2.14. The molecule has 0 amide bonds. The second kappa shape index (κ2) is 1.94. The molecule has 0 bridgehead atoms. The van der Waals surface area contributed by atoms with E-state index in [4.69, 9.17) is 0 Å². The van der Waals surface area contributed by atoms with Gasteiger partial charge in [0.2, 0.25) is 0 Å². The van der Waals surface area contributed by atoms with Gasteiger partial charge in [0, 0.05) is 19.6 Å². The quantitative estimate of drug-likeness (QED) is 0.548. The lowest BCUT2D eigenvalue weighted by Crippen LogP contribution is -2.39. The Bertz CT molecular complexity index is 136. The number of likely N-dealkylation sites (tertiary alicyclic amines) is 1.